The van der Waals surface area contributed by atoms with E-state index in [0.29, 0.717) is 5.82 Å². The highest BCUT2D eigenvalue weighted by Crippen LogP contribution is 2.14. The lowest BCUT2D eigenvalue weighted by Crippen LogP contribution is -1.96. The van der Waals surface area contributed by atoms with Gasteiger partial charge in [-0.2, -0.15) is 5.10 Å². The van der Waals surface area contributed by atoms with Crippen LogP contribution in [0.15, 0.2) is 42.9 Å². The summed E-state index contributed by atoms with van der Waals surface area (Å²) in [6.07, 6.45) is 5.16. The Kier molecular flexibility index (Phi) is 1.83. The van der Waals surface area contributed by atoms with Crippen LogP contribution in [0.3, 0.4) is 0 Å². The maximum Gasteiger partial charge on any atom is 0.145 e. The molecule has 1 aromatic carbocycles. The van der Waals surface area contributed by atoms with E-state index in [1.165, 1.54) is 0 Å². The van der Waals surface area contributed by atoms with Gasteiger partial charge in [0.2, 0.25) is 0 Å². The van der Waals surface area contributed by atoms with E-state index in [9.17, 15) is 0 Å². The third-order valence-corrected chi connectivity index (χ3v) is 2.33. The predicted molar refractivity (Wildman–Crippen MR) is 61.1 cm³/mol. The Balaban J connectivity index is 2.18. The summed E-state index contributed by atoms with van der Waals surface area (Å²) in [5.74, 6) is 0.499. The Hall–Kier alpha value is -2.43. The summed E-state index contributed by atoms with van der Waals surface area (Å²) in [6, 6.07) is 7.52. The highest BCUT2D eigenvalue weighted by atomic mass is 15.3. The van der Waals surface area contributed by atoms with Crippen molar-refractivity contribution in [2.75, 3.05) is 5.73 Å². The minimum Gasteiger partial charge on any atom is -0.382 e. The number of benzene rings is 1. The number of nitrogen functional groups attached to an aromatic ring is 1. The summed E-state index contributed by atoms with van der Waals surface area (Å²) in [5, 5.41) is 4.13. The van der Waals surface area contributed by atoms with Crippen LogP contribution in [0.25, 0.3) is 16.7 Å². The van der Waals surface area contributed by atoms with E-state index in [1.807, 2.05) is 24.4 Å². The monoisotopic (exact) mass is 211 g/mol. The lowest BCUT2D eigenvalue weighted by molar-refractivity contribution is 0.887. The maximum absolute atomic E-state index is 5.57. The molecule has 0 bridgehead atoms. The molecule has 0 atom stereocenters. The second kappa shape index (κ2) is 3.30. The summed E-state index contributed by atoms with van der Waals surface area (Å²) < 4.78 is 1.71. The number of nitrogens with two attached hydrogens (primary N) is 1. The average molecular weight is 211 g/mol. The van der Waals surface area contributed by atoms with Gasteiger partial charge in [-0.25, -0.2) is 4.68 Å². The second-order valence-electron chi connectivity index (χ2n) is 3.41. The number of hydrogen-bond donors (Lipinski definition) is 1. The molecule has 3 aromatic rings. The Labute approximate surface area is 91.6 Å². The molecule has 78 valence electrons. The lowest BCUT2D eigenvalue weighted by Gasteiger charge is -2.02. The fourth-order valence-corrected chi connectivity index (χ4v) is 1.58. The zero-order valence-corrected chi connectivity index (χ0v) is 8.41. The van der Waals surface area contributed by atoms with E-state index in [1.54, 1.807) is 23.1 Å². The van der Waals surface area contributed by atoms with Crippen LogP contribution in [0.2, 0.25) is 0 Å². The normalized spacial score (nSPS) is 10.8. The number of hydrogen-bond acceptors (Lipinski definition) is 4. The van der Waals surface area contributed by atoms with Crippen LogP contribution in [-0.2, 0) is 0 Å². The smallest absolute Gasteiger partial charge is 0.145 e. The highest BCUT2D eigenvalue weighted by Gasteiger charge is 2.01. The van der Waals surface area contributed by atoms with Gasteiger partial charge in [-0.3, -0.25) is 9.97 Å². The van der Waals surface area contributed by atoms with Crippen molar-refractivity contribution in [3.63, 3.8) is 0 Å². The van der Waals surface area contributed by atoms with Crippen LogP contribution in [-0.4, -0.2) is 19.7 Å². The fourth-order valence-electron chi connectivity index (χ4n) is 1.58. The number of aromatic nitrogens is 4. The quantitative estimate of drug-likeness (QED) is 0.660. The standard InChI is InChI=1S/C11H9N5/c12-11-3-6-16(15-11)8-1-2-9-10(7-8)14-5-4-13-9/h1-7H,(H2,12,15). The van der Waals surface area contributed by atoms with Gasteiger partial charge in [0.25, 0.3) is 0 Å². The molecular formula is C11H9N5. The molecule has 0 saturated carbocycles. The van der Waals surface area contributed by atoms with Gasteiger partial charge in [-0.1, -0.05) is 0 Å². The largest absolute Gasteiger partial charge is 0.382 e. The van der Waals surface area contributed by atoms with E-state index in [2.05, 4.69) is 15.1 Å². The fraction of sp³-hybridized carbons (Fsp3) is 0. The first-order valence-electron chi connectivity index (χ1n) is 4.85. The van der Waals surface area contributed by atoms with Crippen molar-refractivity contribution in [2.24, 2.45) is 0 Å². The molecule has 2 heterocycles. The molecule has 0 aliphatic carbocycles. The maximum atomic E-state index is 5.57. The van der Waals surface area contributed by atoms with Crippen molar-refractivity contribution in [3.05, 3.63) is 42.9 Å². The summed E-state index contributed by atoms with van der Waals surface area (Å²) in [7, 11) is 0. The molecule has 5 nitrogen and oxygen atoms in total. The van der Waals surface area contributed by atoms with Crippen LogP contribution in [0.5, 0.6) is 0 Å². The highest BCUT2D eigenvalue weighted by molar-refractivity contribution is 5.76. The van der Waals surface area contributed by atoms with Crippen LogP contribution < -0.4 is 5.73 Å². The number of anilines is 1. The first-order valence-corrected chi connectivity index (χ1v) is 4.85. The van der Waals surface area contributed by atoms with Gasteiger partial charge in [0, 0.05) is 24.7 Å². The van der Waals surface area contributed by atoms with Gasteiger partial charge in [-0.05, 0) is 18.2 Å². The van der Waals surface area contributed by atoms with Crippen LogP contribution in [0, 0.1) is 0 Å². The molecule has 0 aliphatic rings. The number of nitrogens with zero attached hydrogens (tertiary/aromatic N) is 4. The molecule has 0 aliphatic heterocycles. The van der Waals surface area contributed by atoms with Crippen LogP contribution >= 0.6 is 0 Å². The van der Waals surface area contributed by atoms with Crippen LogP contribution in [0.1, 0.15) is 0 Å². The van der Waals surface area contributed by atoms with E-state index < -0.39 is 0 Å². The average Bonchev–Trinajstić information content (AvgIpc) is 2.75. The molecule has 0 saturated heterocycles. The van der Waals surface area contributed by atoms with Gasteiger partial charge < -0.3 is 5.73 Å². The van der Waals surface area contributed by atoms with E-state index in [0.717, 1.165) is 16.7 Å². The molecule has 0 radical (unpaired) electrons. The van der Waals surface area contributed by atoms with Crippen LogP contribution in [0.4, 0.5) is 5.82 Å². The zero-order valence-electron chi connectivity index (χ0n) is 8.41. The molecule has 0 fully saturated rings. The summed E-state index contributed by atoms with van der Waals surface area (Å²) in [5.41, 5.74) is 8.20. The van der Waals surface area contributed by atoms with Gasteiger partial charge in [0.15, 0.2) is 0 Å². The lowest BCUT2D eigenvalue weighted by atomic mass is 10.2. The Morgan fingerprint density at radius 1 is 1.00 bits per heavy atom. The van der Waals surface area contributed by atoms with E-state index in [4.69, 9.17) is 5.73 Å². The summed E-state index contributed by atoms with van der Waals surface area (Å²) in [6.45, 7) is 0. The number of fused-ring (bicyclic) bond motifs is 1. The van der Waals surface area contributed by atoms with Crippen molar-refractivity contribution in [1.29, 1.82) is 0 Å². The van der Waals surface area contributed by atoms with Gasteiger partial charge in [-0.15, -0.1) is 0 Å². The van der Waals surface area contributed by atoms with Crippen molar-refractivity contribution in [3.8, 4) is 5.69 Å². The molecular weight excluding hydrogens is 202 g/mol. The van der Waals surface area contributed by atoms with Crippen molar-refractivity contribution < 1.29 is 0 Å². The van der Waals surface area contributed by atoms with Gasteiger partial charge >= 0.3 is 0 Å². The third kappa shape index (κ3) is 1.38. The van der Waals surface area contributed by atoms with Crippen molar-refractivity contribution in [2.45, 2.75) is 0 Å². The SMILES string of the molecule is Nc1ccn(-c2ccc3nccnc3c2)n1. The molecule has 5 heteroatoms. The van der Waals surface area contributed by atoms with E-state index in [-0.39, 0.29) is 0 Å². The topological polar surface area (TPSA) is 69.6 Å². The third-order valence-electron chi connectivity index (χ3n) is 2.33. The van der Waals surface area contributed by atoms with Gasteiger partial charge in [0.1, 0.15) is 5.82 Å². The molecule has 16 heavy (non-hydrogen) atoms. The molecule has 0 amide bonds. The minimum absolute atomic E-state index is 0.499. The summed E-state index contributed by atoms with van der Waals surface area (Å²) >= 11 is 0. The molecule has 2 aromatic heterocycles. The van der Waals surface area contributed by atoms with Gasteiger partial charge in [0.05, 0.1) is 16.7 Å². The molecule has 0 spiro atoms. The first-order chi connectivity index (χ1) is 7.83. The second-order valence-corrected chi connectivity index (χ2v) is 3.41. The molecule has 0 unspecified atom stereocenters. The summed E-state index contributed by atoms with van der Waals surface area (Å²) in [4.78, 5) is 8.44. The molecule has 3 rings (SSSR count). The minimum atomic E-state index is 0.499. The Morgan fingerprint density at radius 2 is 1.81 bits per heavy atom. The molecule has 2 N–H and O–H groups in total. The Bertz CT molecular complexity index is 643. The van der Waals surface area contributed by atoms with Crippen molar-refractivity contribution in [1.82, 2.24) is 19.7 Å². The van der Waals surface area contributed by atoms with Crippen molar-refractivity contribution >= 4 is 16.9 Å². The predicted octanol–water partition coefficient (Wildman–Crippen LogP) is 1.40. The first kappa shape index (κ1) is 8.84. The van der Waals surface area contributed by atoms with E-state index >= 15 is 0 Å². The number of rotatable bonds is 1. The Morgan fingerprint density at radius 3 is 2.56 bits per heavy atom. The zero-order chi connectivity index (χ0) is 11.0.